The van der Waals surface area contributed by atoms with E-state index in [2.05, 4.69) is 5.32 Å². The maximum absolute atomic E-state index is 13.2. The number of nitrogens with one attached hydrogen (secondary N) is 2. The summed E-state index contributed by atoms with van der Waals surface area (Å²) in [5, 5.41) is 19.2. The maximum Gasteiger partial charge on any atom is 0.305 e. The number of carboxylic acid groups (broad SMARTS) is 1. The Balaban J connectivity index is 1.90. The molecule has 32 heavy (non-hydrogen) atoms. The molecule has 1 unspecified atom stereocenters. The molecule has 2 aromatic carbocycles. The van der Waals surface area contributed by atoms with Crippen LogP contribution in [0, 0.1) is 5.41 Å². The number of likely N-dealkylation sites (N-methyl/N-ethyl adjacent to an activating group) is 1. The fourth-order valence-electron chi connectivity index (χ4n) is 3.41. The molecule has 1 aliphatic heterocycles. The Morgan fingerprint density at radius 3 is 2.38 bits per heavy atom. The number of hydrogen-bond donors (Lipinski definition) is 4. The Morgan fingerprint density at radius 1 is 1.16 bits per heavy atom. The fourth-order valence-corrected chi connectivity index (χ4v) is 3.41. The minimum atomic E-state index is -1.08. The van der Waals surface area contributed by atoms with Crippen LogP contribution in [0.5, 0.6) is 0 Å². The molecule has 0 saturated heterocycles. The van der Waals surface area contributed by atoms with Crippen LogP contribution in [0.3, 0.4) is 0 Å². The number of nitrogens with two attached hydrogens (primary N) is 1. The summed E-state index contributed by atoms with van der Waals surface area (Å²) < 4.78 is 0. The Bertz CT molecular complexity index is 1110. The summed E-state index contributed by atoms with van der Waals surface area (Å²) in [7, 11) is 1.54. The van der Waals surface area contributed by atoms with Crippen molar-refractivity contribution in [2.24, 2.45) is 5.73 Å². The number of amidine groups is 1. The number of hydrogen-bond acceptors (Lipinski definition) is 5. The Hall–Kier alpha value is -4.21. The highest BCUT2D eigenvalue weighted by Gasteiger charge is 2.33. The standard InChI is InChI=1S/C22H23N5O5/c1-12(9-19(29)30)27-11-18(28)26(2)17-8-7-15(10-16(17)22(27)32)25-21(31)14-5-3-13(4-6-14)20(23)24/h3-8,10,12H,9,11H2,1-2H3,(H3,23,24)(H,25,31)(H,29,30). The van der Waals surface area contributed by atoms with Gasteiger partial charge in [0.2, 0.25) is 5.91 Å². The number of nitrogen functional groups attached to an aromatic ring is 1. The summed E-state index contributed by atoms with van der Waals surface area (Å²) in [5.41, 5.74) is 7.13. The highest BCUT2D eigenvalue weighted by molar-refractivity contribution is 6.11. The van der Waals surface area contributed by atoms with Gasteiger partial charge < -0.3 is 26.0 Å². The van der Waals surface area contributed by atoms with Gasteiger partial charge in [0.05, 0.1) is 17.7 Å². The second-order valence-corrected chi connectivity index (χ2v) is 7.51. The highest BCUT2D eigenvalue weighted by atomic mass is 16.4. The lowest BCUT2D eigenvalue weighted by Crippen LogP contribution is -2.43. The van der Waals surface area contributed by atoms with E-state index in [4.69, 9.17) is 16.2 Å². The number of amides is 3. The topological polar surface area (TPSA) is 157 Å². The van der Waals surface area contributed by atoms with Crippen molar-refractivity contribution in [3.05, 3.63) is 59.2 Å². The van der Waals surface area contributed by atoms with E-state index in [1.54, 1.807) is 31.2 Å². The van der Waals surface area contributed by atoms with Gasteiger partial charge in [-0.05, 0) is 37.3 Å². The molecule has 10 nitrogen and oxygen atoms in total. The predicted octanol–water partition coefficient (Wildman–Crippen LogP) is 1.50. The van der Waals surface area contributed by atoms with E-state index in [0.717, 1.165) is 0 Å². The molecule has 0 bridgehead atoms. The van der Waals surface area contributed by atoms with Gasteiger partial charge in [-0.15, -0.1) is 0 Å². The molecule has 1 heterocycles. The van der Waals surface area contributed by atoms with Crippen molar-refractivity contribution in [3.8, 4) is 0 Å². The average Bonchev–Trinajstić information content (AvgIpc) is 2.83. The summed E-state index contributed by atoms with van der Waals surface area (Å²) in [6.45, 7) is 1.32. The molecule has 0 fully saturated rings. The number of carboxylic acids is 1. The van der Waals surface area contributed by atoms with Crippen molar-refractivity contribution in [1.29, 1.82) is 5.41 Å². The number of fused-ring (bicyclic) bond motifs is 1. The lowest BCUT2D eigenvalue weighted by atomic mass is 10.1. The van der Waals surface area contributed by atoms with Gasteiger partial charge in [0.1, 0.15) is 12.4 Å². The van der Waals surface area contributed by atoms with E-state index in [1.165, 1.54) is 35.0 Å². The number of carbonyl (C=O) groups is 4. The molecule has 0 aliphatic carbocycles. The summed E-state index contributed by atoms with van der Waals surface area (Å²) in [4.78, 5) is 52.0. The van der Waals surface area contributed by atoms with Crippen LogP contribution >= 0.6 is 0 Å². The second-order valence-electron chi connectivity index (χ2n) is 7.51. The van der Waals surface area contributed by atoms with E-state index in [9.17, 15) is 19.2 Å². The first-order chi connectivity index (χ1) is 15.1. The summed E-state index contributed by atoms with van der Waals surface area (Å²) in [6, 6.07) is 10.1. The Morgan fingerprint density at radius 2 is 1.78 bits per heavy atom. The molecule has 0 spiro atoms. The molecule has 1 atom stereocenters. The van der Waals surface area contributed by atoms with Crippen molar-refractivity contribution >= 4 is 40.9 Å². The largest absolute Gasteiger partial charge is 0.481 e. The van der Waals surface area contributed by atoms with Crippen LogP contribution in [0.1, 0.15) is 39.6 Å². The predicted molar refractivity (Wildman–Crippen MR) is 118 cm³/mol. The van der Waals surface area contributed by atoms with Gasteiger partial charge in [0, 0.05) is 29.9 Å². The number of rotatable bonds is 6. The molecule has 166 valence electrons. The minimum absolute atomic E-state index is 0.110. The van der Waals surface area contributed by atoms with Gasteiger partial charge in [0.25, 0.3) is 11.8 Å². The highest BCUT2D eigenvalue weighted by Crippen LogP contribution is 2.29. The summed E-state index contributed by atoms with van der Waals surface area (Å²) >= 11 is 0. The van der Waals surface area contributed by atoms with Crippen LogP contribution in [-0.2, 0) is 9.59 Å². The van der Waals surface area contributed by atoms with Crippen molar-refractivity contribution in [2.45, 2.75) is 19.4 Å². The summed E-state index contributed by atoms with van der Waals surface area (Å²) in [6.07, 6.45) is -0.301. The second kappa shape index (κ2) is 8.88. The molecule has 10 heteroatoms. The molecule has 0 saturated carbocycles. The zero-order valence-corrected chi connectivity index (χ0v) is 17.6. The first-order valence-corrected chi connectivity index (χ1v) is 9.77. The van der Waals surface area contributed by atoms with Crippen LogP contribution in [0.2, 0.25) is 0 Å². The smallest absolute Gasteiger partial charge is 0.305 e. The van der Waals surface area contributed by atoms with Gasteiger partial charge in [-0.2, -0.15) is 0 Å². The van der Waals surface area contributed by atoms with E-state index < -0.39 is 23.8 Å². The van der Waals surface area contributed by atoms with E-state index in [-0.39, 0.29) is 30.3 Å². The van der Waals surface area contributed by atoms with Crippen LogP contribution in [0.4, 0.5) is 11.4 Å². The van der Waals surface area contributed by atoms with Gasteiger partial charge in [0.15, 0.2) is 0 Å². The molecule has 0 aromatic heterocycles. The third kappa shape index (κ3) is 4.59. The third-order valence-electron chi connectivity index (χ3n) is 5.25. The van der Waals surface area contributed by atoms with Crippen molar-refractivity contribution in [2.75, 3.05) is 23.8 Å². The van der Waals surface area contributed by atoms with E-state index >= 15 is 0 Å². The molecule has 1 aliphatic rings. The molecular formula is C22H23N5O5. The Kier molecular flexibility index (Phi) is 6.24. The lowest BCUT2D eigenvalue weighted by molar-refractivity contribution is -0.138. The van der Waals surface area contributed by atoms with Gasteiger partial charge in [-0.3, -0.25) is 24.6 Å². The van der Waals surface area contributed by atoms with Crippen molar-refractivity contribution < 1.29 is 24.3 Å². The van der Waals surface area contributed by atoms with Gasteiger partial charge in [-0.1, -0.05) is 12.1 Å². The molecule has 0 radical (unpaired) electrons. The van der Waals surface area contributed by atoms with Crippen LogP contribution in [0.25, 0.3) is 0 Å². The van der Waals surface area contributed by atoms with Gasteiger partial charge in [-0.25, -0.2) is 0 Å². The Labute approximate surface area is 184 Å². The van der Waals surface area contributed by atoms with Gasteiger partial charge >= 0.3 is 5.97 Å². The summed E-state index contributed by atoms with van der Waals surface area (Å²) in [5.74, 6) is -2.46. The van der Waals surface area contributed by atoms with Crippen LogP contribution in [0.15, 0.2) is 42.5 Å². The number of aliphatic carboxylic acids is 1. The average molecular weight is 437 g/mol. The zero-order valence-electron chi connectivity index (χ0n) is 17.6. The zero-order chi connectivity index (χ0) is 23.6. The maximum atomic E-state index is 13.2. The van der Waals surface area contributed by atoms with Crippen molar-refractivity contribution in [1.82, 2.24) is 4.90 Å². The molecular weight excluding hydrogens is 414 g/mol. The molecule has 5 N–H and O–H groups in total. The number of carbonyl (C=O) groups excluding carboxylic acids is 3. The van der Waals surface area contributed by atoms with Crippen LogP contribution < -0.4 is 16.0 Å². The molecule has 3 rings (SSSR count). The monoisotopic (exact) mass is 437 g/mol. The van der Waals surface area contributed by atoms with E-state index in [0.29, 0.717) is 22.5 Å². The number of benzene rings is 2. The third-order valence-corrected chi connectivity index (χ3v) is 5.25. The van der Waals surface area contributed by atoms with E-state index in [1.807, 2.05) is 0 Å². The first kappa shape index (κ1) is 22.5. The minimum Gasteiger partial charge on any atom is -0.481 e. The quantitative estimate of drug-likeness (QED) is 0.396. The lowest BCUT2D eigenvalue weighted by Gasteiger charge is -2.26. The number of nitrogens with zero attached hydrogens (tertiary/aromatic N) is 2. The normalized spacial score (nSPS) is 14.4. The SMILES string of the molecule is CC(CC(=O)O)N1CC(=O)N(C)c2ccc(NC(=O)c3ccc(C(=N)N)cc3)cc2C1=O. The fraction of sp³-hybridized carbons (Fsp3) is 0.227. The molecule has 2 aromatic rings. The number of anilines is 2. The molecule has 3 amide bonds. The van der Waals surface area contributed by atoms with Crippen LogP contribution in [-0.4, -0.2) is 59.2 Å². The van der Waals surface area contributed by atoms with Crippen molar-refractivity contribution in [3.63, 3.8) is 0 Å². The first-order valence-electron chi connectivity index (χ1n) is 9.77.